The lowest BCUT2D eigenvalue weighted by Crippen LogP contribution is -2.59. The summed E-state index contributed by atoms with van der Waals surface area (Å²) in [4.78, 5) is 0. The number of aliphatic hydroxyl groups excluding tert-OH is 8. The Bertz CT molecular complexity index is 380. The van der Waals surface area contributed by atoms with Gasteiger partial charge in [-0.2, -0.15) is 0 Å². The van der Waals surface area contributed by atoms with Crippen molar-refractivity contribution in [1.29, 1.82) is 0 Å². The van der Waals surface area contributed by atoms with E-state index in [0.29, 0.717) is 0 Å². The molecule has 0 amide bonds. The van der Waals surface area contributed by atoms with Crippen molar-refractivity contribution in [3.8, 4) is 0 Å². The van der Waals surface area contributed by atoms with Gasteiger partial charge in [-0.05, 0) is 12.8 Å². The maximum absolute atomic E-state index is 9.90. The average molecular weight is 340 g/mol. The molecule has 0 spiro atoms. The second-order valence-electron chi connectivity index (χ2n) is 5.98. The molecule has 8 N–H and O–H groups in total. The van der Waals surface area contributed by atoms with Crippen LogP contribution in [0.2, 0.25) is 0 Å². The van der Waals surface area contributed by atoms with Crippen LogP contribution in [-0.2, 0) is 9.47 Å². The van der Waals surface area contributed by atoms with E-state index in [0.717, 1.165) is 0 Å². The molecular weight excluding hydrogens is 316 g/mol. The molecule has 2 fully saturated rings. The highest BCUT2D eigenvalue weighted by Crippen LogP contribution is 2.28. The van der Waals surface area contributed by atoms with Crippen molar-refractivity contribution < 1.29 is 50.3 Å². The maximum Gasteiger partial charge on any atom is 0.183 e. The molecule has 0 radical (unpaired) electrons. The lowest BCUT2D eigenvalue weighted by Gasteiger charge is -2.42. The molecule has 23 heavy (non-hydrogen) atoms. The smallest absolute Gasteiger partial charge is 0.183 e. The number of hydrogen-bond donors (Lipinski definition) is 8. The summed E-state index contributed by atoms with van der Waals surface area (Å²) < 4.78 is 10.3. The van der Waals surface area contributed by atoms with Crippen LogP contribution >= 0.6 is 0 Å². The second-order valence-corrected chi connectivity index (χ2v) is 5.98. The van der Waals surface area contributed by atoms with E-state index in [4.69, 9.17) is 14.6 Å². The second kappa shape index (κ2) is 7.66. The van der Waals surface area contributed by atoms with Gasteiger partial charge in [-0.3, -0.25) is 0 Å². The van der Waals surface area contributed by atoms with Crippen molar-refractivity contribution in [2.24, 2.45) is 0 Å². The molecule has 0 bridgehead atoms. The molecule has 2 aliphatic rings. The molecule has 2 saturated heterocycles. The van der Waals surface area contributed by atoms with Gasteiger partial charge in [-0.15, -0.1) is 0 Å². The standard InChI is InChI=1S/C13H24O10/c14-3-6-9(17)10(18)7(15)4(22-6)1-2-5-8(16)11(19)12(20)13(21)23-5/h4-21H,1-3H2/t4-,5+,6+,7-,8-,9-,10+,11-,12+,13-/m0/s1. The summed E-state index contributed by atoms with van der Waals surface area (Å²) in [6.07, 6.45) is -13.6. The van der Waals surface area contributed by atoms with E-state index in [1.165, 1.54) is 0 Å². The minimum Gasteiger partial charge on any atom is -0.394 e. The largest absolute Gasteiger partial charge is 0.394 e. The SMILES string of the molecule is OC[C@H]1O[C@@H](CC[C@H]2O[C@H](O)[C@H](O)[C@@H](O)[C@H]2O)[C@H](O)[C@@H](O)[C@H]1O. The third-order valence-corrected chi connectivity index (χ3v) is 4.41. The summed E-state index contributed by atoms with van der Waals surface area (Å²) in [7, 11) is 0. The van der Waals surface area contributed by atoms with Gasteiger partial charge >= 0.3 is 0 Å². The Morgan fingerprint density at radius 2 is 0.957 bits per heavy atom. The Kier molecular flexibility index (Phi) is 6.30. The quantitative estimate of drug-likeness (QED) is 0.248. The molecule has 136 valence electrons. The van der Waals surface area contributed by atoms with Crippen molar-refractivity contribution in [3.63, 3.8) is 0 Å². The summed E-state index contributed by atoms with van der Waals surface area (Å²) >= 11 is 0. The maximum atomic E-state index is 9.90. The fraction of sp³-hybridized carbons (Fsp3) is 1.00. The van der Waals surface area contributed by atoms with Crippen LogP contribution in [0.25, 0.3) is 0 Å². The summed E-state index contributed by atoms with van der Waals surface area (Å²) in [6.45, 7) is -0.548. The Morgan fingerprint density at radius 1 is 0.522 bits per heavy atom. The molecule has 0 unspecified atom stereocenters. The summed E-state index contributed by atoms with van der Waals surface area (Å²) in [5, 5.41) is 76.7. The van der Waals surface area contributed by atoms with E-state index in [1.54, 1.807) is 0 Å². The first-order valence-electron chi connectivity index (χ1n) is 7.46. The van der Waals surface area contributed by atoms with Crippen LogP contribution in [0.1, 0.15) is 12.8 Å². The first kappa shape index (κ1) is 18.9. The third kappa shape index (κ3) is 3.82. The molecule has 0 aromatic heterocycles. The minimum atomic E-state index is -1.66. The van der Waals surface area contributed by atoms with E-state index in [2.05, 4.69) is 0 Å². The molecule has 2 rings (SSSR count). The highest BCUT2D eigenvalue weighted by molar-refractivity contribution is 4.94. The van der Waals surface area contributed by atoms with Gasteiger partial charge in [0.05, 0.1) is 18.8 Å². The van der Waals surface area contributed by atoms with Gasteiger partial charge in [-0.1, -0.05) is 0 Å². The molecule has 0 saturated carbocycles. The lowest BCUT2D eigenvalue weighted by atomic mass is 9.90. The zero-order valence-corrected chi connectivity index (χ0v) is 12.3. The fourth-order valence-corrected chi connectivity index (χ4v) is 2.92. The molecule has 10 heteroatoms. The molecule has 10 atom stereocenters. The molecule has 10 nitrogen and oxygen atoms in total. The van der Waals surface area contributed by atoms with Gasteiger partial charge in [0.25, 0.3) is 0 Å². The van der Waals surface area contributed by atoms with Gasteiger partial charge in [-0.25, -0.2) is 0 Å². The molecular formula is C13H24O10. The molecule has 0 aromatic carbocycles. The van der Waals surface area contributed by atoms with Gasteiger partial charge in [0.15, 0.2) is 6.29 Å². The number of aliphatic hydroxyl groups is 8. The van der Waals surface area contributed by atoms with Crippen molar-refractivity contribution >= 4 is 0 Å². The Morgan fingerprint density at radius 3 is 1.48 bits per heavy atom. The molecule has 0 aliphatic carbocycles. The molecule has 2 aliphatic heterocycles. The molecule has 0 aromatic rings. The normalized spacial score (nSPS) is 51.7. The van der Waals surface area contributed by atoms with Gasteiger partial charge in [0.2, 0.25) is 0 Å². The van der Waals surface area contributed by atoms with Crippen LogP contribution in [0.15, 0.2) is 0 Å². The van der Waals surface area contributed by atoms with Gasteiger partial charge < -0.3 is 50.3 Å². The fourth-order valence-electron chi connectivity index (χ4n) is 2.92. The van der Waals surface area contributed by atoms with Crippen LogP contribution in [0.4, 0.5) is 0 Å². The van der Waals surface area contributed by atoms with E-state index in [1.807, 2.05) is 0 Å². The first-order chi connectivity index (χ1) is 10.8. The predicted octanol–water partition coefficient (Wildman–Crippen LogP) is -4.59. The van der Waals surface area contributed by atoms with Crippen LogP contribution < -0.4 is 0 Å². The van der Waals surface area contributed by atoms with Crippen LogP contribution in [-0.4, -0.2) is 109 Å². The Hall–Kier alpha value is -0.400. The number of hydrogen-bond acceptors (Lipinski definition) is 10. The zero-order chi connectivity index (χ0) is 17.3. The van der Waals surface area contributed by atoms with Crippen molar-refractivity contribution in [2.75, 3.05) is 6.61 Å². The van der Waals surface area contributed by atoms with Crippen molar-refractivity contribution in [3.05, 3.63) is 0 Å². The Balaban J connectivity index is 1.94. The Labute approximate surface area is 132 Å². The van der Waals surface area contributed by atoms with Crippen molar-refractivity contribution in [1.82, 2.24) is 0 Å². The first-order valence-corrected chi connectivity index (χ1v) is 7.46. The minimum absolute atomic E-state index is 0.0324. The van der Waals surface area contributed by atoms with Crippen molar-refractivity contribution in [2.45, 2.75) is 74.1 Å². The van der Waals surface area contributed by atoms with E-state index in [9.17, 15) is 35.7 Å². The monoisotopic (exact) mass is 340 g/mol. The van der Waals surface area contributed by atoms with Crippen LogP contribution in [0.3, 0.4) is 0 Å². The lowest BCUT2D eigenvalue weighted by molar-refractivity contribution is -0.285. The highest BCUT2D eigenvalue weighted by atomic mass is 16.6. The van der Waals surface area contributed by atoms with Gasteiger partial charge in [0, 0.05) is 0 Å². The summed E-state index contributed by atoms with van der Waals surface area (Å²) in [5.41, 5.74) is 0. The number of ether oxygens (including phenoxy) is 2. The van der Waals surface area contributed by atoms with E-state index < -0.39 is 67.8 Å². The predicted molar refractivity (Wildman–Crippen MR) is 71.9 cm³/mol. The molecule has 2 heterocycles. The zero-order valence-electron chi connectivity index (χ0n) is 12.3. The highest BCUT2D eigenvalue weighted by Gasteiger charge is 2.46. The average Bonchev–Trinajstić information content (AvgIpc) is 2.54. The van der Waals surface area contributed by atoms with Crippen LogP contribution in [0, 0.1) is 0 Å². The number of rotatable bonds is 4. The topological polar surface area (TPSA) is 180 Å². The van der Waals surface area contributed by atoms with Crippen LogP contribution in [0.5, 0.6) is 0 Å². The third-order valence-electron chi connectivity index (χ3n) is 4.41. The van der Waals surface area contributed by atoms with Gasteiger partial charge in [0.1, 0.15) is 42.7 Å². The summed E-state index contributed by atoms with van der Waals surface area (Å²) in [6, 6.07) is 0. The van der Waals surface area contributed by atoms with E-state index >= 15 is 0 Å². The summed E-state index contributed by atoms with van der Waals surface area (Å²) in [5.74, 6) is 0. The van der Waals surface area contributed by atoms with E-state index in [-0.39, 0.29) is 12.8 Å².